The van der Waals surface area contributed by atoms with Crippen LogP contribution in [0.5, 0.6) is 0 Å². The van der Waals surface area contributed by atoms with Crippen LogP contribution in [0.3, 0.4) is 0 Å². The summed E-state index contributed by atoms with van der Waals surface area (Å²) < 4.78 is 0. The predicted octanol–water partition coefficient (Wildman–Crippen LogP) is 1.13. The summed E-state index contributed by atoms with van der Waals surface area (Å²) in [7, 11) is 0. The molecule has 1 aliphatic rings. The van der Waals surface area contributed by atoms with Crippen molar-refractivity contribution in [3.05, 3.63) is 30.1 Å². The zero-order chi connectivity index (χ0) is 13.7. The standard InChI is InChI=1S/C13H17N3O3/c17-12(18)9-4-5-10(7-9)16-13(19)15-8-11-3-1-2-6-14-11/h1-3,6,9-10H,4-5,7-8H2,(H,17,18)(H2,15,16,19). The second kappa shape index (κ2) is 6.17. The molecule has 3 N–H and O–H groups in total. The molecular formula is C13H17N3O3. The van der Waals surface area contributed by atoms with Crippen LogP contribution in [0.25, 0.3) is 0 Å². The first kappa shape index (κ1) is 13.3. The molecule has 2 unspecified atom stereocenters. The van der Waals surface area contributed by atoms with Gasteiger partial charge in [0.2, 0.25) is 0 Å². The molecule has 1 aromatic heterocycles. The zero-order valence-corrected chi connectivity index (χ0v) is 10.5. The van der Waals surface area contributed by atoms with E-state index in [-0.39, 0.29) is 18.0 Å². The van der Waals surface area contributed by atoms with Crippen molar-refractivity contribution in [2.75, 3.05) is 0 Å². The Bertz CT molecular complexity index is 450. The van der Waals surface area contributed by atoms with E-state index < -0.39 is 5.97 Å². The maximum Gasteiger partial charge on any atom is 0.315 e. The second-order valence-corrected chi connectivity index (χ2v) is 4.69. The Labute approximate surface area is 111 Å². The lowest BCUT2D eigenvalue weighted by Gasteiger charge is -2.13. The summed E-state index contributed by atoms with van der Waals surface area (Å²) in [6, 6.07) is 5.17. The van der Waals surface area contributed by atoms with E-state index in [1.54, 1.807) is 6.20 Å². The SMILES string of the molecule is O=C(NCc1ccccn1)NC1CCC(C(=O)O)C1. The first-order valence-corrected chi connectivity index (χ1v) is 6.32. The van der Waals surface area contributed by atoms with Gasteiger partial charge in [-0.25, -0.2) is 4.79 Å². The van der Waals surface area contributed by atoms with E-state index in [2.05, 4.69) is 15.6 Å². The fourth-order valence-electron chi connectivity index (χ4n) is 2.25. The number of nitrogens with one attached hydrogen (secondary N) is 2. The molecule has 0 bridgehead atoms. The normalized spacial score (nSPS) is 21.9. The number of urea groups is 1. The molecule has 2 rings (SSSR count). The molecule has 2 atom stereocenters. The Morgan fingerprint density at radius 3 is 2.84 bits per heavy atom. The van der Waals surface area contributed by atoms with Crippen molar-refractivity contribution in [3.63, 3.8) is 0 Å². The Morgan fingerprint density at radius 2 is 2.21 bits per heavy atom. The summed E-state index contributed by atoms with van der Waals surface area (Å²) in [6.45, 7) is 0.363. The van der Waals surface area contributed by atoms with Gasteiger partial charge in [-0.1, -0.05) is 6.07 Å². The van der Waals surface area contributed by atoms with Crippen molar-refractivity contribution in [2.24, 2.45) is 5.92 Å². The van der Waals surface area contributed by atoms with Crippen molar-refractivity contribution in [1.29, 1.82) is 0 Å². The third-order valence-corrected chi connectivity index (χ3v) is 3.27. The van der Waals surface area contributed by atoms with E-state index in [1.807, 2.05) is 18.2 Å². The van der Waals surface area contributed by atoms with Crippen molar-refractivity contribution >= 4 is 12.0 Å². The molecule has 1 heterocycles. The maximum atomic E-state index is 11.7. The molecule has 0 aliphatic heterocycles. The van der Waals surface area contributed by atoms with E-state index in [1.165, 1.54) is 0 Å². The summed E-state index contributed by atoms with van der Waals surface area (Å²) in [6.07, 6.45) is 3.52. The highest BCUT2D eigenvalue weighted by molar-refractivity contribution is 5.75. The molecule has 0 radical (unpaired) electrons. The number of rotatable bonds is 4. The number of hydrogen-bond acceptors (Lipinski definition) is 3. The van der Waals surface area contributed by atoms with E-state index in [0.717, 1.165) is 5.69 Å². The van der Waals surface area contributed by atoms with Crippen LogP contribution in [-0.2, 0) is 11.3 Å². The minimum atomic E-state index is -0.779. The molecule has 1 fully saturated rings. The largest absolute Gasteiger partial charge is 0.481 e. The predicted molar refractivity (Wildman–Crippen MR) is 68.4 cm³/mol. The number of amides is 2. The molecule has 19 heavy (non-hydrogen) atoms. The van der Waals surface area contributed by atoms with Crippen molar-refractivity contribution in [3.8, 4) is 0 Å². The average Bonchev–Trinajstić information content (AvgIpc) is 2.86. The van der Waals surface area contributed by atoms with Gasteiger partial charge < -0.3 is 15.7 Å². The van der Waals surface area contributed by atoms with Crippen molar-refractivity contribution in [2.45, 2.75) is 31.8 Å². The highest BCUT2D eigenvalue weighted by Gasteiger charge is 2.30. The Kier molecular flexibility index (Phi) is 4.33. The summed E-state index contributed by atoms with van der Waals surface area (Å²) in [5.41, 5.74) is 0.785. The van der Waals surface area contributed by atoms with Crippen LogP contribution < -0.4 is 10.6 Å². The van der Waals surface area contributed by atoms with Gasteiger partial charge >= 0.3 is 12.0 Å². The highest BCUT2D eigenvalue weighted by atomic mass is 16.4. The minimum absolute atomic E-state index is 0.0511. The molecule has 102 valence electrons. The first-order valence-electron chi connectivity index (χ1n) is 6.32. The molecular weight excluding hydrogens is 246 g/mol. The number of carbonyl (C=O) groups excluding carboxylic acids is 1. The molecule has 1 aliphatic carbocycles. The van der Waals surface area contributed by atoms with Gasteiger partial charge in [0.1, 0.15) is 0 Å². The molecule has 2 amide bonds. The molecule has 1 aromatic rings. The van der Waals surface area contributed by atoms with Gasteiger partial charge in [0.25, 0.3) is 0 Å². The van der Waals surface area contributed by atoms with Gasteiger partial charge in [-0.15, -0.1) is 0 Å². The van der Waals surface area contributed by atoms with Gasteiger partial charge in [-0.2, -0.15) is 0 Å². The number of carbonyl (C=O) groups is 2. The lowest BCUT2D eigenvalue weighted by molar-refractivity contribution is -0.141. The molecule has 6 nitrogen and oxygen atoms in total. The van der Waals surface area contributed by atoms with Crippen LogP contribution in [0, 0.1) is 5.92 Å². The van der Waals surface area contributed by atoms with Gasteiger partial charge in [0, 0.05) is 12.2 Å². The molecule has 6 heteroatoms. The van der Waals surface area contributed by atoms with Crippen LogP contribution in [0.15, 0.2) is 24.4 Å². The van der Waals surface area contributed by atoms with E-state index >= 15 is 0 Å². The Balaban J connectivity index is 1.72. The maximum absolute atomic E-state index is 11.7. The summed E-state index contributed by atoms with van der Waals surface area (Å²) in [5, 5.41) is 14.4. The third-order valence-electron chi connectivity index (χ3n) is 3.27. The lowest BCUT2D eigenvalue weighted by Crippen LogP contribution is -2.41. The van der Waals surface area contributed by atoms with Crippen molar-refractivity contribution in [1.82, 2.24) is 15.6 Å². The number of aliphatic carboxylic acids is 1. The molecule has 0 aromatic carbocycles. The van der Waals surface area contributed by atoms with Crippen LogP contribution in [0.1, 0.15) is 25.0 Å². The molecule has 0 spiro atoms. The van der Waals surface area contributed by atoms with Gasteiger partial charge in [0.15, 0.2) is 0 Å². The van der Waals surface area contributed by atoms with E-state index in [4.69, 9.17) is 5.11 Å². The monoisotopic (exact) mass is 263 g/mol. The number of nitrogens with zero attached hydrogens (tertiary/aromatic N) is 1. The topological polar surface area (TPSA) is 91.3 Å². The molecule has 0 saturated heterocycles. The zero-order valence-electron chi connectivity index (χ0n) is 10.5. The number of carboxylic acid groups (broad SMARTS) is 1. The first-order chi connectivity index (χ1) is 9.15. The summed E-state index contributed by atoms with van der Waals surface area (Å²) in [5.74, 6) is -1.11. The lowest BCUT2D eigenvalue weighted by atomic mass is 10.1. The summed E-state index contributed by atoms with van der Waals surface area (Å²) >= 11 is 0. The second-order valence-electron chi connectivity index (χ2n) is 4.69. The average molecular weight is 263 g/mol. The Hall–Kier alpha value is -2.11. The quantitative estimate of drug-likeness (QED) is 0.759. The molecule has 1 saturated carbocycles. The number of pyridine rings is 1. The van der Waals surface area contributed by atoms with Crippen LogP contribution in [0.2, 0.25) is 0 Å². The number of carboxylic acids is 1. The minimum Gasteiger partial charge on any atom is -0.481 e. The van der Waals surface area contributed by atoms with Crippen molar-refractivity contribution < 1.29 is 14.7 Å². The van der Waals surface area contributed by atoms with Crippen LogP contribution >= 0.6 is 0 Å². The van der Waals surface area contributed by atoms with E-state index in [0.29, 0.717) is 25.8 Å². The van der Waals surface area contributed by atoms with E-state index in [9.17, 15) is 9.59 Å². The third kappa shape index (κ3) is 3.94. The fourth-order valence-corrected chi connectivity index (χ4v) is 2.25. The number of aromatic nitrogens is 1. The van der Waals surface area contributed by atoms with Crippen LogP contribution in [-0.4, -0.2) is 28.1 Å². The number of hydrogen-bond donors (Lipinski definition) is 3. The van der Waals surface area contributed by atoms with Gasteiger partial charge in [-0.3, -0.25) is 9.78 Å². The highest BCUT2D eigenvalue weighted by Crippen LogP contribution is 2.25. The summed E-state index contributed by atoms with van der Waals surface area (Å²) in [4.78, 5) is 26.6. The fraction of sp³-hybridized carbons (Fsp3) is 0.462. The van der Waals surface area contributed by atoms with Gasteiger partial charge in [0.05, 0.1) is 18.2 Å². The van der Waals surface area contributed by atoms with Gasteiger partial charge in [-0.05, 0) is 31.4 Å². The van der Waals surface area contributed by atoms with Crippen LogP contribution in [0.4, 0.5) is 4.79 Å². The smallest absolute Gasteiger partial charge is 0.315 e. The Morgan fingerprint density at radius 1 is 1.37 bits per heavy atom.